The van der Waals surface area contributed by atoms with Gasteiger partial charge in [-0.1, -0.05) is 59.6 Å². The average Bonchev–Trinajstić information content (AvgIpc) is 2.58. The second-order valence-corrected chi connectivity index (χ2v) is 8.62. The van der Waals surface area contributed by atoms with E-state index in [2.05, 4.69) is 0 Å². The minimum Gasteiger partial charge on any atom is -0.479 e. The van der Waals surface area contributed by atoms with E-state index >= 15 is 0 Å². The maximum absolute atomic E-state index is 12.2. The van der Waals surface area contributed by atoms with Crippen molar-refractivity contribution in [1.29, 1.82) is 0 Å². The van der Waals surface area contributed by atoms with Gasteiger partial charge in [0.25, 0.3) is 0 Å². The molecule has 0 radical (unpaired) electrons. The molecule has 3 rings (SSSR count). The molecule has 3 aromatic carbocycles. The van der Waals surface area contributed by atoms with Crippen LogP contribution in [0.4, 0.5) is 0 Å². The molecule has 0 aliphatic heterocycles. The van der Waals surface area contributed by atoms with E-state index in [1.165, 1.54) is 0 Å². The molecule has 0 aromatic heterocycles. The molecule has 0 saturated carbocycles. The lowest BCUT2D eigenvalue weighted by Gasteiger charge is -2.28. The van der Waals surface area contributed by atoms with E-state index in [-0.39, 0.29) is 0 Å². The molecule has 0 fully saturated rings. The Morgan fingerprint density at radius 1 is 1.07 bits per heavy atom. The summed E-state index contributed by atoms with van der Waals surface area (Å²) in [5.74, 6) is -1.04. The van der Waals surface area contributed by atoms with Gasteiger partial charge in [-0.15, -0.1) is 0 Å². The van der Waals surface area contributed by atoms with Gasteiger partial charge in [0, 0.05) is 21.2 Å². The number of aryl methyl sites for hydroxylation is 1. The quantitative estimate of drug-likeness (QED) is 0.494. The predicted octanol–water partition coefficient (Wildman–Crippen LogP) is 7.06. The maximum atomic E-state index is 12.2. The second kappa shape index (κ2) is 7.75. The van der Waals surface area contributed by atoms with Gasteiger partial charge in [-0.05, 0) is 61.7 Å². The summed E-state index contributed by atoms with van der Waals surface area (Å²) < 4.78 is 5.97. The van der Waals surface area contributed by atoms with Crippen LogP contribution in [0.2, 0.25) is 10.0 Å². The zero-order chi connectivity index (χ0) is 20.6. The van der Waals surface area contributed by atoms with Crippen LogP contribution in [0.15, 0.2) is 48.5 Å². The number of benzene rings is 3. The summed E-state index contributed by atoms with van der Waals surface area (Å²) in [6.45, 7) is 7.42. The van der Waals surface area contributed by atoms with Crippen molar-refractivity contribution < 1.29 is 14.6 Å². The Labute approximate surface area is 174 Å². The monoisotopic (exact) mass is 416 g/mol. The van der Waals surface area contributed by atoms with Crippen molar-refractivity contribution in [3.63, 3.8) is 0 Å². The van der Waals surface area contributed by atoms with E-state index in [9.17, 15) is 9.90 Å². The summed E-state index contributed by atoms with van der Waals surface area (Å²) in [5, 5.41) is 12.9. The zero-order valence-electron chi connectivity index (χ0n) is 16.2. The summed E-state index contributed by atoms with van der Waals surface area (Å²) in [6, 6.07) is 15.1. The third-order valence-electron chi connectivity index (χ3n) is 4.45. The van der Waals surface area contributed by atoms with E-state index in [4.69, 9.17) is 27.9 Å². The van der Waals surface area contributed by atoms with Gasteiger partial charge in [0.05, 0.1) is 5.60 Å². The Balaban J connectivity index is 2.42. The number of hydrogen-bond donors (Lipinski definition) is 1. The molecular weight excluding hydrogens is 395 g/mol. The van der Waals surface area contributed by atoms with E-state index in [1.54, 1.807) is 12.1 Å². The highest BCUT2D eigenvalue weighted by atomic mass is 35.5. The van der Waals surface area contributed by atoms with Gasteiger partial charge in [-0.25, -0.2) is 4.79 Å². The first-order valence-electron chi connectivity index (χ1n) is 8.97. The first kappa shape index (κ1) is 20.7. The van der Waals surface area contributed by atoms with Gasteiger partial charge in [0.2, 0.25) is 0 Å². The maximum Gasteiger partial charge on any atom is 0.337 e. The molecular formula is C23H22Cl2O3. The first-order chi connectivity index (χ1) is 13.1. The number of aliphatic carboxylic acids is 1. The molecule has 146 valence electrons. The minimum absolute atomic E-state index is 0.462. The summed E-state index contributed by atoms with van der Waals surface area (Å²) >= 11 is 12.6. The molecule has 3 nitrogen and oxygen atoms in total. The number of carboxylic acid groups (broad SMARTS) is 1. The van der Waals surface area contributed by atoms with Gasteiger partial charge >= 0.3 is 5.97 Å². The van der Waals surface area contributed by atoms with Gasteiger partial charge in [-0.2, -0.15) is 0 Å². The van der Waals surface area contributed by atoms with Gasteiger partial charge < -0.3 is 9.84 Å². The number of hydrogen-bond acceptors (Lipinski definition) is 2. The van der Waals surface area contributed by atoms with Gasteiger partial charge in [-0.3, -0.25) is 0 Å². The van der Waals surface area contributed by atoms with Crippen molar-refractivity contribution in [3.05, 3.63) is 69.7 Å². The van der Waals surface area contributed by atoms with Crippen LogP contribution in [0.1, 0.15) is 38.0 Å². The molecule has 5 heteroatoms. The van der Waals surface area contributed by atoms with Crippen molar-refractivity contribution in [1.82, 2.24) is 0 Å². The SMILES string of the molecule is Cc1cc2ccccc2c(-c2ccc(Cl)cc2Cl)c1[C@H](OC(C)(C)C)C(=O)O. The smallest absolute Gasteiger partial charge is 0.337 e. The molecule has 0 saturated heterocycles. The van der Waals surface area contributed by atoms with Crippen LogP contribution in [0, 0.1) is 6.92 Å². The Hall–Kier alpha value is -2.07. The second-order valence-electron chi connectivity index (χ2n) is 7.78. The standard InChI is InChI=1S/C23H22Cl2O3/c1-13-11-14-7-5-6-8-16(14)20(17-10-9-15(24)12-18(17)25)19(13)21(22(26)27)28-23(2,3)4/h5-12,21H,1-4H3,(H,26,27)/t21-/m0/s1. The van der Waals surface area contributed by atoms with Crippen LogP contribution in [-0.2, 0) is 9.53 Å². The molecule has 0 amide bonds. The molecule has 1 atom stereocenters. The predicted molar refractivity (Wildman–Crippen MR) is 115 cm³/mol. The molecule has 0 heterocycles. The lowest BCUT2D eigenvalue weighted by Crippen LogP contribution is -2.28. The van der Waals surface area contributed by atoms with Crippen LogP contribution >= 0.6 is 23.2 Å². The number of ether oxygens (including phenoxy) is 1. The van der Waals surface area contributed by atoms with Gasteiger partial charge in [0.15, 0.2) is 6.10 Å². The number of rotatable bonds is 4. The highest BCUT2D eigenvalue weighted by Crippen LogP contribution is 2.43. The lowest BCUT2D eigenvalue weighted by molar-refractivity contribution is -0.160. The van der Waals surface area contributed by atoms with E-state index in [0.29, 0.717) is 15.6 Å². The van der Waals surface area contributed by atoms with Crippen LogP contribution in [0.3, 0.4) is 0 Å². The largest absolute Gasteiger partial charge is 0.479 e. The normalized spacial score (nSPS) is 12.9. The van der Waals surface area contributed by atoms with E-state index in [1.807, 2.05) is 64.1 Å². The number of carbonyl (C=O) groups is 1. The Bertz CT molecular complexity index is 1050. The van der Waals surface area contributed by atoms with Crippen molar-refractivity contribution in [3.8, 4) is 11.1 Å². The highest BCUT2D eigenvalue weighted by molar-refractivity contribution is 6.36. The molecule has 0 aliphatic rings. The summed E-state index contributed by atoms with van der Waals surface area (Å²) in [5.41, 5.74) is 2.28. The lowest BCUT2D eigenvalue weighted by atomic mass is 9.87. The van der Waals surface area contributed by atoms with Crippen LogP contribution in [0.25, 0.3) is 21.9 Å². The molecule has 0 spiro atoms. The molecule has 0 aliphatic carbocycles. The number of fused-ring (bicyclic) bond motifs is 1. The minimum atomic E-state index is -1.13. The fourth-order valence-corrected chi connectivity index (χ4v) is 3.91. The average molecular weight is 417 g/mol. The first-order valence-corrected chi connectivity index (χ1v) is 9.72. The molecule has 1 N–H and O–H groups in total. The van der Waals surface area contributed by atoms with Crippen LogP contribution in [-0.4, -0.2) is 16.7 Å². The Morgan fingerprint density at radius 2 is 1.75 bits per heavy atom. The number of halogens is 2. The number of carboxylic acids is 1. The van der Waals surface area contributed by atoms with Crippen LogP contribution in [0.5, 0.6) is 0 Å². The summed E-state index contributed by atoms with van der Waals surface area (Å²) in [7, 11) is 0. The Kier molecular flexibility index (Phi) is 5.72. The zero-order valence-corrected chi connectivity index (χ0v) is 17.7. The van der Waals surface area contributed by atoms with Crippen molar-refractivity contribution in [2.75, 3.05) is 0 Å². The van der Waals surface area contributed by atoms with Crippen molar-refractivity contribution >= 4 is 39.9 Å². The van der Waals surface area contributed by atoms with Gasteiger partial charge in [0.1, 0.15) is 0 Å². The Morgan fingerprint density at radius 3 is 2.36 bits per heavy atom. The molecule has 3 aromatic rings. The van der Waals surface area contributed by atoms with E-state index in [0.717, 1.165) is 27.5 Å². The summed E-state index contributed by atoms with van der Waals surface area (Å²) in [6.07, 6.45) is -1.13. The topological polar surface area (TPSA) is 46.5 Å². The fourth-order valence-electron chi connectivity index (χ4n) is 3.41. The third-order valence-corrected chi connectivity index (χ3v) is 5.00. The fraction of sp³-hybridized carbons (Fsp3) is 0.261. The third kappa shape index (κ3) is 4.17. The highest BCUT2D eigenvalue weighted by Gasteiger charge is 2.31. The van der Waals surface area contributed by atoms with Crippen molar-refractivity contribution in [2.45, 2.75) is 39.4 Å². The summed E-state index contributed by atoms with van der Waals surface area (Å²) in [4.78, 5) is 12.2. The van der Waals surface area contributed by atoms with Crippen molar-refractivity contribution in [2.24, 2.45) is 0 Å². The van der Waals surface area contributed by atoms with Crippen LogP contribution < -0.4 is 0 Å². The molecule has 28 heavy (non-hydrogen) atoms. The van der Waals surface area contributed by atoms with E-state index < -0.39 is 17.7 Å². The molecule has 0 unspecified atom stereocenters. The molecule has 0 bridgehead atoms.